The van der Waals surface area contributed by atoms with E-state index in [2.05, 4.69) is 10.0 Å². The lowest BCUT2D eigenvalue weighted by atomic mass is 10.1. The average molecular weight is 439 g/mol. The summed E-state index contributed by atoms with van der Waals surface area (Å²) in [6, 6.07) is 19.7. The maximum Gasteiger partial charge on any atom is 0.261 e. The number of hydrogen-bond acceptors (Lipinski definition) is 5. The van der Waals surface area contributed by atoms with Gasteiger partial charge in [-0.25, -0.2) is 8.42 Å². The first-order chi connectivity index (χ1) is 14.9. The van der Waals surface area contributed by atoms with Gasteiger partial charge < -0.3 is 14.8 Å². The highest BCUT2D eigenvalue weighted by atomic mass is 32.2. The van der Waals surface area contributed by atoms with Crippen LogP contribution in [0.5, 0.6) is 11.5 Å². The van der Waals surface area contributed by atoms with Gasteiger partial charge in [-0.3, -0.25) is 9.52 Å². The van der Waals surface area contributed by atoms with E-state index in [0.717, 1.165) is 5.56 Å². The minimum atomic E-state index is -3.74. The zero-order chi connectivity index (χ0) is 21.8. The average Bonchev–Trinajstić information content (AvgIpc) is 2.79. The zero-order valence-electron chi connectivity index (χ0n) is 16.9. The van der Waals surface area contributed by atoms with E-state index >= 15 is 0 Å². The predicted molar refractivity (Wildman–Crippen MR) is 117 cm³/mol. The molecule has 0 spiro atoms. The van der Waals surface area contributed by atoms with E-state index in [-0.39, 0.29) is 16.8 Å². The molecule has 3 aromatic carbocycles. The molecule has 3 aromatic rings. The SMILES string of the molecule is C[C@@H](NC(=O)c1cccc(NS(=O)(=O)c2ccccc2)c1)c1ccc2c(c1)OCCO2. The summed E-state index contributed by atoms with van der Waals surface area (Å²) in [5.41, 5.74) is 1.53. The fourth-order valence-electron chi connectivity index (χ4n) is 3.23. The molecule has 0 aliphatic carbocycles. The highest BCUT2D eigenvalue weighted by Gasteiger charge is 2.18. The lowest BCUT2D eigenvalue weighted by Crippen LogP contribution is -2.27. The molecule has 1 aliphatic rings. The van der Waals surface area contributed by atoms with E-state index in [1.165, 1.54) is 18.2 Å². The molecule has 160 valence electrons. The van der Waals surface area contributed by atoms with Crippen LogP contribution in [0.3, 0.4) is 0 Å². The Morgan fingerprint density at radius 1 is 0.903 bits per heavy atom. The van der Waals surface area contributed by atoms with Gasteiger partial charge in [0.25, 0.3) is 15.9 Å². The molecule has 2 N–H and O–H groups in total. The second-order valence-corrected chi connectivity index (χ2v) is 8.78. The normalized spacial score (nSPS) is 13.8. The quantitative estimate of drug-likeness (QED) is 0.611. The first kappa shape index (κ1) is 20.7. The maximum atomic E-state index is 12.8. The largest absolute Gasteiger partial charge is 0.486 e. The molecule has 1 aliphatic heterocycles. The topological polar surface area (TPSA) is 93.7 Å². The van der Waals surface area contributed by atoms with E-state index in [0.29, 0.717) is 36.0 Å². The Kier molecular flexibility index (Phi) is 5.81. The third kappa shape index (κ3) is 4.80. The van der Waals surface area contributed by atoms with Crippen molar-refractivity contribution in [3.8, 4) is 11.5 Å². The van der Waals surface area contributed by atoms with Crippen molar-refractivity contribution in [3.63, 3.8) is 0 Å². The summed E-state index contributed by atoms with van der Waals surface area (Å²) in [6.45, 7) is 2.87. The van der Waals surface area contributed by atoms with Crippen molar-refractivity contribution in [2.45, 2.75) is 17.9 Å². The standard InChI is InChI=1S/C23H22N2O5S/c1-16(17-10-11-21-22(15-17)30-13-12-29-21)24-23(26)18-6-5-7-19(14-18)25-31(27,28)20-8-3-2-4-9-20/h2-11,14-16,25H,12-13H2,1H3,(H,24,26)/t16-/m1/s1. The Labute approximate surface area is 181 Å². The number of anilines is 1. The van der Waals surface area contributed by atoms with Gasteiger partial charge in [0.1, 0.15) is 13.2 Å². The molecule has 0 fully saturated rings. The van der Waals surface area contributed by atoms with E-state index in [4.69, 9.17) is 9.47 Å². The van der Waals surface area contributed by atoms with Gasteiger partial charge in [-0.05, 0) is 55.0 Å². The predicted octanol–water partition coefficient (Wildman–Crippen LogP) is 3.75. The molecule has 8 heteroatoms. The van der Waals surface area contributed by atoms with Gasteiger partial charge >= 0.3 is 0 Å². The molecule has 1 heterocycles. The number of carbonyl (C=O) groups is 1. The molecule has 7 nitrogen and oxygen atoms in total. The van der Waals surface area contributed by atoms with Crippen molar-refractivity contribution in [2.24, 2.45) is 0 Å². The van der Waals surface area contributed by atoms with Crippen LogP contribution in [0.2, 0.25) is 0 Å². The van der Waals surface area contributed by atoms with Gasteiger partial charge in [0.2, 0.25) is 0 Å². The van der Waals surface area contributed by atoms with Crippen LogP contribution in [0, 0.1) is 0 Å². The minimum Gasteiger partial charge on any atom is -0.486 e. The van der Waals surface area contributed by atoms with Crippen LogP contribution in [0.1, 0.15) is 28.9 Å². The molecule has 0 unspecified atom stereocenters. The molecule has 0 saturated heterocycles. The first-order valence-corrected chi connectivity index (χ1v) is 11.3. The van der Waals surface area contributed by atoms with Gasteiger partial charge in [-0.15, -0.1) is 0 Å². The Balaban J connectivity index is 1.47. The van der Waals surface area contributed by atoms with Crippen LogP contribution in [0.4, 0.5) is 5.69 Å². The number of rotatable bonds is 6. The van der Waals surface area contributed by atoms with Crippen LogP contribution in [-0.4, -0.2) is 27.5 Å². The number of carbonyl (C=O) groups excluding carboxylic acids is 1. The third-order valence-corrected chi connectivity index (χ3v) is 6.24. The molecule has 4 rings (SSSR count). The van der Waals surface area contributed by atoms with Crippen molar-refractivity contribution in [1.29, 1.82) is 0 Å². The van der Waals surface area contributed by atoms with Gasteiger partial charge in [-0.2, -0.15) is 0 Å². The molecular weight excluding hydrogens is 416 g/mol. The molecule has 0 saturated carbocycles. The highest BCUT2D eigenvalue weighted by molar-refractivity contribution is 7.92. The molecule has 31 heavy (non-hydrogen) atoms. The fraction of sp³-hybridized carbons (Fsp3) is 0.174. The second-order valence-electron chi connectivity index (χ2n) is 7.10. The number of fused-ring (bicyclic) bond motifs is 1. The lowest BCUT2D eigenvalue weighted by Gasteiger charge is -2.21. The summed E-state index contributed by atoms with van der Waals surface area (Å²) in [5, 5.41) is 2.93. The molecule has 0 aromatic heterocycles. The number of hydrogen-bond donors (Lipinski definition) is 2. The lowest BCUT2D eigenvalue weighted by molar-refractivity contribution is 0.0939. The monoisotopic (exact) mass is 438 g/mol. The van der Waals surface area contributed by atoms with Crippen LogP contribution < -0.4 is 19.5 Å². The van der Waals surface area contributed by atoms with E-state index in [9.17, 15) is 13.2 Å². The Morgan fingerprint density at radius 2 is 1.65 bits per heavy atom. The zero-order valence-corrected chi connectivity index (χ0v) is 17.7. The summed E-state index contributed by atoms with van der Waals surface area (Å²) < 4.78 is 38.7. The minimum absolute atomic E-state index is 0.150. The first-order valence-electron chi connectivity index (χ1n) is 9.81. The summed E-state index contributed by atoms with van der Waals surface area (Å²) >= 11 is 0. The molecule has 1 amide bonds. The van der Waals surface area contributed by atoms with Crippen LogP contribution >= 0.6 is 0 Å². The van der Waals surface area contributed by atoms with Crippen LogP contribution in [0.25, 0.3) is 0 Å². The molecular formula is C23H22N2O5S. The van der Waals surface area contributed by atoms with Crippen molar-refractivity contribution < 1.29 is 22.7 Å². The summed E-state index contributed by atoms with van der Waals surface area (Å²) in [6.07, 6.45) is 0. The van der Waals surface area contributed by atoms with Crippen molar-refractivity contribution >= 4 is 21.6 Å². The Bertz CT molecular complexity index is 1200. The van der Waals surface area contributed by atoms with Crippen molar-refractivity contribution in [3.05, 3.63) is 83.9 Å². The van der Waals surface area contributed by atoms with Gasteiger partial charge in [0, 0.05) is 11.3 Å². The van der Waals surface area contributed by atoms with E-state index < -0.39 is 10.0 Å². The number of amides is 1. The number of sulfonamides is 1. The molecule has 0 radical (unpaired) electrons. The van der Waals surface area contributed by atoms with Gasteiger partial charge in [-0.1, -0.05) is 30.3 Å². The highest BCUT2D eigenvalue weighted by Crippen LogP contribution is 2.32. The van der Waals surface area contributed by atoms with Crippen LogP contribution in [-0.2, 0) is 10.0 Å². The van der Waals surface area contributed by atoms with Gasteiger partial charge in [0.05, 0.1) is 10.9 Å². The number of nitrogens with one attached hydrogen (secondary N) is 2. The summed E-state index contributed by atoms with van der Waals surface area (Å²) in [4.78, 5) is 12.9. The summed E-state index contributed by atoms with van der Waals surface area (Å²) in [5.74, 6) is 1.03. The molecule has 0 bridgehead atoms. The smallest absolute Gasteiger partial charge is 0.261 e. The van der Waals surface area contributed by atoms with Crippen molar-refractivity contribution in [2.75, 3.05) is 17.9 Å². The van der Waals surface area contributed by atoms with Gasteiger partial charge in [0.15, 0.2) is 11.5 Å². The van der Waals surface area contributed by atoms with Crippen LogP contribution in [0.15, 0.2) is 77.7 Å². The number of benzene rings is 3. The number of ether oxygens (including phenoxy) is 2. The third-order valence-electron chi connectivity index (χ3n) is 4.84. The van der Waals surface area contributed by atoms with Crippen molar-refractivity contribution in [1.82, 2.24) is 5.32 Å². The maximum absolute atomic E-state index is 12.8. The van der Waals surface area contributed by atoms with E-state index in [1.807, 2.05) is 25.1 Å². The second kappa shape index (κ2) is 8.69. The summed E-state index contributed by atoms with van der Waals surface area (Å²) in [7, 11) is -3.74. The van der Waals surface area contributed by atoms with E-state index in [1.54, 1.807) is 36.4 Å². The fourth-order valence-corrected chi connectivity index (χ4v) is 4.30. The molecule has 1 atom stereocenters. The Hall–Kier alpha value is -3.52. The Morgan fingerprint density at radius 3 is 2.42 bits per heavy atom.